The summed E-state index contributed by atoms with van der Waals surface area (Å²) in [7, 11) is -1.75. The molecule has 0 atom stereocenters. The summed E-state index contributed by atoms with van der Waals surface area (Å²) in [5, 5.41) is 1.04. The molecule has 3 rings (SSSR count). The quantitative estimate of drug-likeness (QED) is 0.455. The predicted octanol–water partition coefficient (Wildman–Crippen LogP) is 2.73. The molecule has 1 heterocycles. The summed E-state index contributed by atoms with van der Waals surface area (Å²) >= 11 is 0. The molecule has 0 aliphatic carbocycles. The number of fused-ring (bicyclic) bond motifs is 1. The fourth-order valence-electron chi connectivity index (χ4n) is 3.26. The molecular weight excluding hydrogens is 374 g/mol. The van der Waals surface area contributed by atoms with E-state index in [1.807, 2.05) is 48.7 Å². The van der Waals surface area contributed by atoms with Crippen molar-refractivity contribution in [3.8, 4) is 5.75 Å². The van der Waals surface area contributed by atoms with Gasteiger partial charge in [0.15, 0.2) is 0 Å². The SMILES string of the molecule is COc1ccc(CCCNS(=O)(=O)Cc2ccc3[nH]cc(CCN)c3c2)cc1. The van der Waals surface area contributed by atoms with Crippen LogP contribution in [0.2, 0.25) is 0 Å². The van der Waals surface area contributed by atoms with Gasteiger partial charge in [0.1, 0.15) is 5.75 Å². The van der Waals surface area contributed by atoms with E-state index in [9.17, 15) is 8.42 Å². The van der Waals surface area contributed by atoms with Crippen LogP contribution in [0.1, 0.15) is 23.1 Å². The molecular formula is C21H27N3O3S. The number of nitrogens with two attached hydrogens (primary N) is 1. The van der Waals surface area contributed by atoms with E-state index in [0.717, 1.165) is 52.6 Å². The first-order valence-corrected chi connectivity index (χ1v) is 11.0. The fraction of sp³-hybridized carbons (Fsp3) is 0.333. The Morgan fingerprint density at radius 3 is 2.54 bits per heavy atom. The van der Waals surface area contributed by atoms with Crippen molar-refractivity contribution in [1.29, 1.82) is 0 Å². The number of sulfonamides is 1. The van der Waals surface area contributed by atoms with Crippen molar-refractivity contribution in [3.05, 3.63) is 65.4 Å². The van der Waals surface area contributed by atoms with Gasteiger partial charge in [-0.2, -0.15) is 0 Å². The Kier molecular flexibility index (Phi) is 6.72. The molecule has 0 fully saturated rings. The Morgan fingerprint density at radius 2 is 1.82 bits per heavy atom. The average molecular weight is 402 g/mol. The van der Waals surface area contributed by atoms with E-state index in [1.165, 1.54) is 0 Å². The van der Waals surface area contributed by atoms with Crippen molar-refractivity contribution < 1.29 is 13.2 Å². The van der Waals surface area contributed by atoms with Crippen molar-refractivity contribution in [2.45, 2.75) is 25.0 Å². The van der Waals surface area contributed by atoms with Crippen LogP contribution in [0.3, 0.4) is 0 Å². The first-order chi connectivity index (χ1) is 13.5. The van der Waals surface area contributed by atoms with E-state index in [2.05, 4.69) is 9.71 Å². The highest BCUT2D eigenvalue weighted by atomic mass is 32.2. The van der Waals surface area contributed by atoms with Crippen LogP contribution < -0.4 is 15.2 Å². The summed E-state index contributed by atoms with van der Waals surface area (Å²) in [6, 6.07) is 13.5. The molecule has 0 bridgehead atoms. The Labute approximate surface area is 166 Å². The molecule has 0 spiro atoms. The van der Waals surface area contributed by atoms with Crippen LogP contribution >= 0.6 is 0 Å². The first-order valence-electron chi connectivity index (χ1n) is 9.40. The molecule has 150 valence electrons. The van der Waals surface area contributed by atoms with Gasteiger partial charge in [-0.15, -0.1) is 0 Å². The summed E-state index contributed by atoms with van der Waals surface area (Å²) in [6.45, 7) is 0.977. The second kappa shape index (κ2) is 9.23. The molecule has 3 aromatic rings. The number of aromatic amines is 1. The zero-order valence-corrected chi connectivity index (χ0v) is 16.9. The number of methoxy groups -OCH3 is 1. The average Bonchev–Trinajstić information content (AvgIpc) is 3.08. The molecule has 0 radical (unpaired) electrons. The second-order valence-corrected chi connectivity index (χ2v) is 8.64. The van der Waals surface area contributed by atoms with Gasteiger partial charge in [-0.3, -0.25) is 0 Å². The molecule has 0 aliphatic heterocycles. The molecule has 0 unspecified atom stereocenters. The first kappa shape index (κ1) is 20.4. The van der Waals surface area contributed by atoms with Crippen molar-refractivity contribution >= 4 is 20.9 Å². The van der Waals surface area contributed by atoms with Crippen LogP contribution in [0.5, 0.6) is 5.75 Å². The highest BCUT2D eigenvalue weighted by Gasteiger charge is 2.12. The molecule has 2 aromatic carbocycles. The third kappa shape index (κ3) is 5.34. The minimum atomic E-state index is -3.38. The van der Waals surface area contributed by atoms with Gasteiger partial charge in [0.2, 0.25) is 10.0 Å². The smallest absolute Gasteiger partial charge is 0.215 e. The maximum Gasteiger partial charge on any atom is 0.215 e. The van der Waals surface area contributed by atoms with E-state index >= 15 is 0 Å². The largest absolute Gasteiger partial charge is 0.497 e. The van der Waals surface area contributed by atoms with Crippen LogP contribution in [-0.4, -0.2) is 33.6 Å². The molecule has 7 heteroatoms. The number of rotatable bonds is 10. The van der Waals surface area contributed by atoms with Gasteiger partial charge in [-0.05, 0) is 66.8 Å². The van der Waals surface area contributed by atoms with Gasteiger partial charge < -0.3 is 15.5 Å². The number of aryl methyl sites for hydroxylation is 1. The number of benzene rings is 2. The van der Waals surface area contributed by atoms with Gasteiger partial charge >= 0.3 is 0 Å². The van der Waals surface area contributed by atoms with Crippen molar-refractivity contribution in [1.82, 2.24) is 9.71 Å². The van der Waals surface area contributed by atoms with E-state index < -0.39 is 10.0 Å². The molecule has 0 aliphatic rings. The third-order valence-corrected chi connectivity index (χ3v) is 6.08. The van der Waals surface area contributed by atoms with Crippen LogP contribution in [-0.2, 0) is 28.6 Å². The van der Waals surface area contributed by atoms with Crippen LogP contribution in [0.25, 0.3) is 10.9 Å². The minimum Gasteiger partial charge on any atom is -0.497 e. The summed E-state index contributed by atoms with van der Waals surface area (Å²) in [6.07, 6.45) is 4.25. The highest BCUT2D eigenvalue weighted by molar-refractivity contribution is 7.88. The number of hydrogen-bond donors (Lipinski definition) is 3. The Morgan fingerprint density at radius 1 is 1.07 bits per heavy atom. The van der Waals surface area contributed by atoms with Crippen molar-refractivity contribution in [2.75, 3.05) is 20.2 Å². The van der Waals surface area contributed by atoms with Crippen molar-refractivity contribution in [3.63, 3.8) is 0 Å². The van der Waals surface area contributed by atoms with E-state index in [4.69, 9.17) is 10.5 Å². The van der Waals surface area contributed by atoms with Gasteiger partial charge in [0.25, 0.3) is 0 Å². The normalized spacial score (nSPS) is 11.8. The Bertz CT molecular complexity index is 1010. The van der Waals surface area contributed by atoms with E-state index in [1.54, 1.807) is 7.11 Å². The summed E-state index contributed by atoms with van der Waals surface area (Å²) in [4.78, 5) is 3.20. The monoisotopic (exact) mass is 401 g/mol. The third-order valence-electron chi connectivity index (χ3n) is 4.73. The zero-order chi connectivity index (χ0) is 20.0. The summed E-state index contributed by atoms with van der Waals surface area (Å²) < 4.78 is 32.7. The minimum absolute atomic E-state index is 0.0290. The Balaban J connectivity index is 1.54. The zero-order valence-electron chi connectivity index (χ0n) is 16.1. The van der Waals surface area contributed by atoms with Gasteiger partial charge in [-0.1, -0.05) is 18.2 Å². The predicted molar refractivity (Wildman–Crippen MR) is 113 cm³/mol. The topological polar surface area (TPSA) is 97.2 Å². The van der Waals surface area contributed by atoms with Gasteiger partial charge in [0.05, 0.1) is 12.9 Å². The lowest BCUT2D eigenvalue weighted by molar-refractivity contribution is 0.414. The van der Waals surface area contributed by atoms with Gasteiger partial charge in [-0.25, -0.2) is 13.1 Å². The molecule has 0 saturated carbocycles. The van der Waals surface area contributed by atoms with Gasteiger partial charge in [0, 0.05) is 23.6 Å². The molecule has 28 heavy (non-hydrogen) atoms. The summed E-state index contributed by atoms with van der Waals surface area (Å²) in [5.41, 5.74) is 9.69. The van der Waals surface area contributed by atoms with E-state index in [0.29, 0.717) is 13.1 Å². The molecule has 0 saturated heterocycles. The Hall–Kier alpha value is -2.35. The number of hydrogen-bond acceptors (Lipinski definition) is 4. The molecule has 6 nitrogen and oxygen atoms in total. The molecule has 1 aromatic heterocycles. The fourth-order valence-corrected chi connectivity index (χ4v) is 4.44. The highest BCUT2D eigenvalue weighted by Crippen LogP contribution is 2.21. The lowest BCUT2D eigenvalue weighted by Gasteiger charge is -2.08. The van der Waals surface area contributed by atoms with Crippen LogP contribution in [0.15, 0.2) is 48.7 Å². The second-order valence-electron chi connectivity index (χ2n) is 6.84. The standard InChI is InChI=1S/C21H27N3O3S/c1-27-19-7-4-16(5-8-19)3-2-12-24-28(25,26)15-17-6-9-21-20(13-17)18(10-11-22)14-23-21/h4-9,13-14,23-24H,2-3,10-12,15,22H2,1H3. The van der Waals surface area contributed by atoms with Crippen LogP contribution in [0.4, 0.5) is 0 Å². The lowest BCUT2D eigenvalue weighted by Crippen LogP contribution is -2.26. The maximum atomic E-state index is 12.4. The number of H-pyrrole nitrogens is 1. The lowest BCUT2D eigenvalue weighted by atomic mass is 10.1. The van der Waals surface area contributed by atoms with Crippen molar-refractivity contribution in [2.24, 2.45) is 5.73 Å². The molecule has 4 N–H and O–H groups in total. The van der Waals surface area contributed by atoms with E-state index in [-0.39, 0.29) is 5.75 Å². The maximum absolute atomic E-state index is 12.4. The number of nitrogens with one attached hydrogen (secondary N) is 2. The number of aromatic nitrogens is 1. The van der Waals surface area contributed by atoms with Crippen LogP contribution in [0, 0.1) is 0 Å². The number of ether oxygens (including phenoxy) is 1. The summed E-state index contributed by atoms with van der Waals surface area (Å²) in [5.74, 6) is 0.789. The molecule has 0 amide bonds.